The van der Waals surface area contributed by atoms with E-state index in [0.717, 1.165) is 13.0 Å². The van der Waals surface area contributed by atoms with Gasteiger partial charge < -0.3 is 26.0 Å². The predicted molar refractivity (Wildman–Crippen MR) is 78.7 cm³/mol. The van der Waals surface area contributed by atoms with Crippen molar-refractivity contribution >= 4 is 11.9 Å². The van der Waals surface area contributed by atoms with Crippen LogP contribution >= 0.6 is 0 Å². The molecule has 0 spiro atoms. The summed E-state index contributed by atoms with van der Waals surface area (Å²) in [4.78, 5) is 23.7. The van der Waals surface area contributed by atoms with Crippen LogP contribution in [0.3, 0.4) is 0 Å². The van der Waals surface area contributed by atoms with Gasteiger partial charge in [0.2, 0.25) is 5.91 Å². The summed E-state index contributed by atoms with van der Waals surface area (Å²) in [5.74, 6) is -2.11. The van der Waals surface area contributed by atoms with Crippen molar-refractivity contribution in [2.24, 2.45) is 0 Å². The third-order valence-corrected chi connectivity index (χ3v) is 3.85. The predicted octanol–water partition coefficient (Wildman–Crippen LogP) is 0.352. The number of phenols is 2. The van der Waals surface area contributed by atoms with Crippen LogP contribution in [0.5, 0.6) is 11.5 Å². The van der Waals surface area contributed by atoms with Crippen LogP contribution in [0.4, 0.5) is 0 Å². The van der Waals surface area contributed by atoms with Crippen molar-refractivity contribution in [3.63, 3.8) is 0 Å². The second-order valence-corrected chi connectivity index (χ2v) is 5.78. The third kappa shape index (κ3) is 3.48. The van der Waals surface area contributed by atoms with Gasteiger partial charge in [0.05, 0.1) is 6.04 Å². The van der Waals surface area contributed by atoms with Crippen molar-refractivity contribution in [1.29, 1.82) is 0 Å². The van der Waals surface area contributed by atoms with E-state index >= 15 is 0 Å². The molecule has 0 aliphatic carbocycles. The maximum atomic E-state index is 12.2. The minimum Gasteiger partial charge on any atom is -0.504 e. The van der Waals surface area contributed by atoms with E-state index in [1.807, 2.05) is 0 Å². The highest BCUT2D eigenvalue weighted by Gasteiger charge is 2.37. The molecule has 1 heterocycles. The number of hydrogen-bond donors (Lipinski definition) is 5. The van der Waals surface area contributed by atoms with Gasteiger partial charge in [-0.2, -0.15) is 0 Å². The summed E-state index contributed by atoms with van der Waals surface area (Å²) in [6, 6.07) is 3.71. The van der Waals surface area contributed by atoms with Gasteiger partial charge in [-0.05, 0) is 44.0 Å². The zero-order chi connectivity index (χ0) is 16.3. The molecular formula is C15H20N2O5. The molecule has 0 unspecified atom stereocenters. The van der Waals surface area contributed by atoms with E-state index in [0.29, 0.717) is 12.0 Å². The number of carboxylic acids is 1. The van der Waals surface area contributed by atoms with Crippen LogP contribution in [-0.2, 0) is 16.0 Å². The number of aliphatic carboxylic acids is 1. The zero-order valence-electron chi connectivity index (χ0n) is 12.3. The highest BCUT2D eigenvalue weighted by molar-refractivity contribution is 5.89. The maximum absolute atomic E-state index is 12.2. The van der Waals surface area contributed by atoms with Gasteiger partial charge >= 0.3 is 5.97 Å². The summed E-state index contributed by atoms with van der Waals surface area (Å²) in [6.07, 6.45) is 1.56. The Morgan fingerprint density at radius 2 is 2.09 bits per heavy atom. The summed E-state index contributed by atoms with van der Waals surface area (Å²) < 4.78 is 0. The molecule has 1 aromatic rings. The molecule has 120 valence electrons. The van der Waals surface area contributed by atoms with Crippen molar-refractivity contribution in [2.45, 2.75) is 37.8 Å². The number of amides is 1. The second-order valence-electron chi connectivity index (χ2n) is 5.78. The fraction of sp³-hybridized carbons (Fsp3) is 0.467. The molecule has 7 heteroatoms. The number of benzene rings is 1. The van der Waals surface area contributed by atoms with E-state index in [9.17, 15) is 24.9 Å². The Bertz CT molecular complexity index is 583. The Morgan fingerprint density at radius 1 is 1.36 bits per heavy atom. The van der Waals surface area contributed by atoms with Gasteiger partial charge in [-0.25, -0.2) is 4.79 Å². The number of phenolic OH excluding ortho intramolecular Hbond substituents is 2. The number of nitrogens with one attached hydrogen (secondary N) is 2. The molecule has 1 aliphatic heterocycles. The molecule has 22 heavy (non-hydrogen) atoms. The topological polar surface area (TPSA) is 119 Å². The highest BCUT2D eigenvalue weighted by Crippen LogP contribution is 2.27. The molecule has 1 aliphatic rings. The van der Waals surface area contributed by atoms with Crippen LogP contribution in [0, 0.1) is 0 Å². The van der Waals surface area contributed by atoms with Gasteiger partial charge in [-0.3, -0.25) is 4.79 Å². The largest absolute Gasteiger partial charge is 0.504 e. The van der Waals surface area contributed by atoms with E-state index in [2.05, 4.69) is 10.6 Å². The summed E-state index contributed by atoms with van der Waals surface area (Å²) in [7, 11) is 0. The summed E-state index contributed by atoms with van der Waals surface area (Å²) in [5, 5.41) is 33.8. The lowest BCUT2D eigenvalue weighted by Gasteiger charge is -2.28. The fourth-order valence-corrected chi connectivity index (χ4v) is 2.53. The van der Waals surface area contributed by atoms with Crippen molar-refractivity contribution in [3.05, 3.63) is 23.8 Å². The quantitative estimate of drug-likeness (QED) is 0.501. The van der Waals surface area contributed by atoms with Crippen LogP contribution < -0.4 is 10.6 Å². The molecule has 5 N–H and O–H groups in total. The number of aromatic hydroxyl groups is 2. The summed E-state index contributed by atoms with van der Waals surface area (Å²) in [6.45, 7) is 2.17. The number of carbonyl (C=O) groups is 2. The monoisotopic (exact) mass is 308 g/mol. The molecule has 0 bridgehead atoms. The lowest BCUT2D eigenvalue weighted by atomic mass is 9.92. The molecule has 0 radical (unpaired) electrons. The number of carbonyl (C=O) groups excluding carboxylic acids is 1. The number of rotatable bonds is 5. The first-order valence-corrected chi connectivity index (χ1v) is 7.11. The zero-order valence-corrected chi connectivity index (χ0v) is 12.3. The Labute approximate surface area is 128 Å². The molecule has 1 saturated heterocycles. The van der Waals surface area contributed by atoms with Crippen LogP contribution in [0.1, 0.15) is 25.3 Å². The standard InChI is InChI=1S/C15H20N2O5/c1-15(14(21)22,17-13(20)10-3-2-6-16-10)8-9-4-5-11(18)12(19)7-9/h4-5,7,10,16,18-19H,2-3,6,8H2,1H3,(H,17,20)(H,21,22)/t10-,15-/m0/s1. The van der Waals surface area contributed by atoms with Crippen molar-refractivity contribution < 1.29 is 24.9 Å². The first-order valence-electron chi connectivity index (χ1n) is 7.11. The van der Waals surface area contributed by atoms with E-state index in [4.69, 9.17) is 0 Å². The van der Waals surface area contributed by atoms with E-state index < -0.39 is 11.5 Å². The van der Waals surface area contributed by atoms with Gasteiger partial charge in [0.25, 0.3) is 0 Å². The molecule has 7 nitrogen and oxygen atoms in total. The van der Waals surface area contributed by atoms with E-state index in [1.54, 1.807) is 0 Å². The average molecular weight is 308 g/mol. The van der Waals surface area contributed by atoms with Crippen LogP contribution in [-0.4, -0.2) is 45.3 Å². The van der Waals surface area contributed by atoms with Gasteiger partial charge in [-0.1, -0.05) is 6.07 Å². The first-order chi connectivity index (χ1) is 10.3. The summed E-state index contributed by atoms with van der Waals surface area (Å²) in [5.41, 5.74) is -0.995. The van der Waals surface area contributed by atoms with E-state index in [-0.39, 0.29) is 29.9 Å². The van der Waals surface area contributed by atoms with Gasteiger partial charge in [0.15, 0.2) is 11.5 Å². The molecule has 0 saturated carbocycles. The van der Waals surface area contributed by atoms with Crippen LogP contribution in [0.15, 0.2) is 18.2 Å². The lowest BCUT2D eigenvalue weighted by molar-refractivity contribution is -0.147. The smallest absolute Gasteiger partial charge is 0.329 e. The molecule has 2 atom stereocenters. The van der Waals surface area contributed by atoms with Crippen molar-refractivity contribution in [3.8, 4) is 11.5 Å². The molecule has 1 aromatic carbocycles. The molecule has 0 aromatic heterocycles. The van der Waals surface area contributed by atoms with Gasteiger partial charge in [0, 0.05) is 6.42 Å². The third-order valence-electron chi connectivity index (χ3n) is 3.85. The Kier molecular flexibility index (Phi) is 4.56. The highest BCUT2D eigenvalue weighted by atomic mass is 16.4. The molecular weight excluding hydrogens is 288 g/mol. The molecule has 2 rings (SSSR count). The van der Waals surface area contributed by atoms with E-state index in [1.165, 1.54) is 25.1 Å². The van der Waals surface area contributed by atoms with Crippen molar-refractivity contribution in [1.82, 2.24) is 10.6 Å². The van der Waals surface area contributed by atoms with Crippen LogP contribution in [0.2, 0.25) is 0 Å². The minimum atomic E-state index is -1.50. The Balaban J connectivity index is 2.14. The molecule has 1 amide bonds. The first kappa shape index (κ1) is 16.1. The number of carboxylic acid groups (broad SMARTS) is 1. The average Bonchev–Trinajstić information content (AvgIpc) is 2.97. The van der Waals surface area contributed by atoms with Gasteiger partial charge in [-0.15, -0.1) is 0 Å². The number of hydrogen-bond acceptors (Lipinski definition) is 5. The SMILES string of the molecule is C[C@@](Cc1ccc(O)c(O)c1)(NC(=O)[C@@H]1CCCN1)C(=O)O. The molecule has 1 fully saturated rings. The fourth-order valence-electron chi connectivity index (χ4n) is 2.53. The minimum absolute atomic E-state index is 0.00532. The van der Waals surface area contributed by atoms with Gasteiger partial charge in [0.1, 0.15) is 5.54 Å². The van der Waals surface area contributed by atoms with Crippen molar-refractivity contribution in [2.75, 3.05) is 6.54 Å². The lowest BCUT2D eigenvalue weighted by Crippen LogP contribution is -2.57. The Morgan fingerprint density at radius 3 is 2.64 bits per heavy atom. The van der Waals surface area contributed by atoms with Crippen LogP contribution in [0.25, 0.3) is 0 Å². The normalized spacial score (nSPS) is 20.3. The second kappa shape index (κ2) is 6.23. The maximum Gasteiger partial charge on any atom is 0.329 e. The summed E-state index contributed by atoms with van der Waals surface area (Å²) >= 11 is 0. The Hall–Kier alpha value is -2.28.